The lowest BCUT2D eigenvalue weighted by molar-refractivity contribution is -0.120. The summed E-state index contributed by atoms with van der Waals surface area (Å²) in [6, 6.07) is 25.2. The first-order chi connectivity index (χ1) is 14.6. The molecular weight excluding hydrogens is 442 g/mol. The van der Waals surface area contributed by atoms with Gasteiger partial charge in [0, 0.05) is 15.6 Å². The molecule has 0 aliphatic rings. The van der Waals surface area contributed by atoms with Gasteiger partial charge in [0.25, 0.3) is 11.8 Å². The van der Waals surface area contributed by atoms with Crippen molar-refractivity contribution in [3.05, 3.63) is 94.5 Å². The van der Waals surface area contributed by atoms with Crippen molar-refractivity contribution in [2.75, 3.05) is 6.54 Å². The standard InChI is InChI=1S/C24H18BrN3O2/c25-19-9-5-8-18(13-19)24(30)26-15-23(29)28-27-14-22-20-10-3-1-6-16(20)12-17-7-2-4-11-21(17)22/h1-14H,15H2,(H,26,30)(H,28,29). The topological polar surface area (TPSA) is 70.6 Å². The Hall–Kier alpha value is -3.51. The molecule has 0 saturated carbocycles. The van der Waals surface area contributed by atoms with E-state index in [1.165, 1.54) is 0 Å². The second-order valence-electron chi connectivity index (χ2n) is 6.72. The molecule has 4 aromatic carbocycles. The van der Waals surface area contributed by atoms with Gasteiger partial charge < -0.3 is 5.32 Å². The van der Waals surface area contributed by atoms with Crippen LogP contribution in [0.4, 0.5) is 0 Å². The summed E-state index contributed by atoms with van der Waals surface area (Å²) in [5.41, 5.74) is 3.89. The summed E-state index contributed by atoms with van der Waals surface area (Å²) < 4.78 is 0.798. The van der Waals surface area contributed by atoms with Crippen LogP contribution < -0.4 is 10.7 Å². The number of benzene rings is 4. The summed E-state index contributed by atoms with van der Waals surface area (Å²) in [7, 11) is 0. The van der Waals surface area contributed by atoms with Crippen LogP contribution in [0.5, 0.6) is 0 Å². The lowest BCUT2D eigenvalue weighted by Crippen LogP contribution is -2.34. The maximum Gasteiger partial charge on any atom is 0.259 e. The first-order valence-electron chi connectivity index (χ1n) is 9.38. The number of amides is 2. The van der Waals surface area contributed by atoms with Crippen LogP contribution in [0.25, 0.3) is 21.5 Å². The highest BCUT2D eigenvalue weighted by Crippen LogP contribution is 2.27. The van der Waals surface area contributed by atoms with Crippen molar-refractivity contribution in [1.82, 2.24) is 10.7 Å². The zero-order valence-corrected chi connectivity index (χ0v) is 17.5. The number of fused-ring (bicyclic) bond motifs is 2. The van der Waals surface area contributed by atoms with E-state index in [4.69, 9.17) is 0 Å². The minimum Gasteiger partial charge on any atom is -0.343 e. The van der Waals surface area contributed by atoms with Crippen molar-refractivity contribution in [2.24, 2.45) is 5.10 Å². The van der Waals surface area contributed by atoms with Crippen LogP contribution in [0.1, 0.15) is 15.9 Å². The summed E-state index contributed by atoms with van der Waals surface area (Å²) in [6.07, 6.45) is 1.65. The van der Waals surface area contributed by atoms with Crippen molar-refractivity contribution in [1.29, 1.82) is 0 Å². The molecule has 148 valence electrons. The van der Waals surface area contributed by atoms with Crippen molar-refractivity contribution in [2.45, 2.75) is 0 Å². The monoisotopic (exact) mass is 459 g/mol. The molecule has 2 amide bonds. The normalized spacial score (nSPS) is 11.1. The Morgan fingerprint density at radius 1 is 0.867 bits per heavy atom. The molecule has 0 atom stereocenters. The number of rotatable bonds is 5. The maximum atomic E-state index is 12.1. The fraction of sp³-hybridized carbons (Fsp3) is 0.0417. The lowest BCUT2D eigenvalue weighted by atomic mass is 9.97. The molecule has 0 bridgehead atoms. The van der Waals surface area contributed by atoms with Crippen molar-refractivity contribution < 1.29 is 9.59 Å². The summed E-state index contributed by atoms with van der Waals surface area (Å²) in [5.74, 6) is -0.727. The van der Waals surface area contributed by atoms with Crippen molar-refractivity contribution in [3.8, 4) is 0 Å². The molecule has 5 nitrogen and oxygen atoms in total. The largest absolute Gasteiger partial charge is 0.343 e. The summed E-state index contributed by atoms with van der Waals surface area (Å²) in [4.78, 5) is 24.3. The number of nitrogens with zero attached hydrogens (tertiary/aromatic N) is 1. The summed E-state index contributed by atoms with van der Waals surface area (Å²) in [5, 5.41) is 11.0. The summed E-state index contributed by atoms with van der Waals surface area (Å²) in [6.45, 7) is -0.168. The van der Waals surface area contributed by atoms with Crippen LogP contribution in [0.3, 0.4) is 0 Å². The fourth-order valence-electron chi connectivity index (χ4n) is 3.29. The van der Waals surface area contributed by atoms with E-state index in [9.17, 15) is 9.59 Å². The van der Waals surface area contributed by atoms with Crippen LogP contribution in [0.2, 0.25) is 0 Å². The first-order valence-corrected chi connectivity index (χ1v) is 10.2. The molecule has 4 rings (SSSR count). The van der Waals surface area contributed by atoms with E-state index < -0.39 is 5.91 Å². The van der Waals surface area contributed by atoms with E-state index >= 15 is 0 Å². The van der Waals surface area contributed by atoms with Gasteiger partial charge in [0.05, 0.1) is 12.8 Å². The van der Waals surface area contributed by atoms with Gasteiger partial charge >= 0.3 is 0 Å². The Morgan fingerprint density at radius 3 is 2.20 bits per heavy atom. The highest BCUT2D eigenvalue weighted by molar-refractivity contribution is 9.10. The molecule has 0 saturated heterocycles. The third-order valence-electron chi connectivity index (χ3n) is 4.69. The zero-order valence-electron chi connectivity index (χ0n) is 15.9. The van der Waals surface area contributed by atoms with Crippen molar-refractivity contribution >= 4 is 55.5 Å². The molecule has 4 aromatic rings. The van der Waals surface area contributed by atoms with Crippen LogP contribution in [-0.2, 0) is 4.79 Å². The van der Waals surface area contributed by atoms with Gasteiger partial charge in [-0.25, -0.2) is 5.43 Å². The molecule has 0 radical (unpaired) electrons. The second kappa shape index (κ2) is 8.88. The average Bonchev–Trinajstić information content (AvgIpc) is 2.77. The molecule has 2 N–H and O–H groups in total. The van der Waals surface area contributed by atoms with Gasteiger partial charge in [-0.1, -0.05) is 70.5 Å². The Kier molecular flexibility index (Phi) is 5.86. The molecule has 0 spiro atoms. The number of hydrogen-bond acceptors (Lipinski definition) is 3. The number of nitrogens with one attached hydrogen (secondary N) is 2. The van der Waals surface area contributed by atoms with E-state index in [2.05, 4.69) is 50.0 Å². The van der Waals surface area contributed by atoms with Crippen LogP contribution in [0.15, 0.2) is 88.4 Å². The molecule has 0 unspecified atom stereocenters. The van der Waals surface area contributed by atoms with E-state index in [1.54, 1.807) is 24.4 Å². The van der Waals surface area contributed by atoms with Gasteiger partial charge in [-0.3, -0.25) is 9.59 Å². The number of carbonyl (C=O) groups excluding carboxylic acids is 2. The van der Waals surface area contributed by atoms with Gasteiger partial charge in [-0.2, -0.15) is 5.10 Å². The van der Waals surface area contributed by atoms with E-state index in [0.29, 0.717) is 5.56 Å². The average molecular weight is 460 g/mol. The minimum absolute atomic E-state index is 0.168. The third-order valence-corrected chi connectivity index (χ3v) is 5.19. The first kappa shape index (κ1) is 19.8. The number of hydrogen-bond donors (Lipinski definition) is 2. The second-order valence-corrected chi connectivity index (χ2v) is 7.63. The Balaban J connectivity index is 1.47. The van der Waals surface area contributed by atoms with Gasteiger partial charge in [0.2, 0.25) is 0 Å². The zero-order chi connectivity index (χ0) is 20.9. The molecule has 0 aromatic heterocycles. The van der Waals surface area contributed by atoms with Crippen molar-refractivity contribution in [3.63, 3.8) is 0 Å². The quantitative estimate of drug-likeness (QED) is 0.259. The highest BCUT2D eigenvalue weighted by atomic mass is 79.9. The third kappa shape index (κ3) is 4.39. The number of halogens is 1. The van der Waals surface area contributed by atoms with Gasteiger partial charge in [0.15, 0.2) is 0 Å². The minimum atomic E-state index is -0.404. The lowest BCUT2D eigenvalue weighted by Gasteiger charge is -2.08. The van der Waals surface area contributed by atoms with Gasteiger partial charge in [-0.15, -0.1) is 0 Å². The molecular formula is C24H18BrN3O2. The van der Waals surface area contributed by atoms with Crippen LogP contribution >= 0.6 is 15.9 Å². The van der Waals surface area contributed by atoms with E-state index in [0.717, 1.165) is 31.6 Å². The summed E-state index contributed by atoms with van der Waals surface area (Å²) >= 11 is 3.32. The van der Waals surface area contributed by atoms with Gasteiger partial charge in [-0.05, 0) is 45.8 Å². The molecule has 0 heterocycles. The Bertz CT molecular complexity index is 1230. The van der Waals surface area contributed by atoms with Crippen LogP contribution in [0, 0.1) is 0 Å². The van der Waals surface area contributed by atoms with E-state index in [1.807, 2.05) is 42.5 Å². The van der Waals surface area contributed by atoms with E-state index in [-0.39, 0.29) is 12.5 Å². The fourth-order valence-corrected chi connectivity index (χ4v) is 3.69. The molecule has 0 aliphatic heterocycles. The highest BCUT2D eigenvalue weighted by Gasteiger charge is 2.08. The number of carbonyl (C=O) groups is 2. The Labute approximate surface area is 181 Å². The predicted molar refractivity (Wildman–Crippen MR) is 124 cm³/mol. The SMILES string of the molecule is O=C(CNC(=O)c1cccc(Br)c1)NN=Cc1c2ccccc2cc2ccccc12. The smallest absolute Gasteiger partial charge is 0.259 e. The maximum absolute atomic E-state index is 12.1. The Morgan fingerprint density at radius 2 is 1.53 bits per heavy atom. The predicted octanol–water partition coefficient (Wildman–Crippen LogP) is 4.64. The molecule has 30 heavy (non-hydrogen) atoms. The van der Waals surface area contributed by atoms with Gasteiger partial charge in [0.1, 0.15) is 0 Å². The molecule has 0 aliphatic carbocycles. The van der Waals surface area contributed by atoms with Crippen LogP contribution in [-0.4, -0.2) is 24.6 Å². The molecule has 0 fully saturated rings. The number of hydrazone groups is 1. The molecule has 6 heteroatoms.